The van der Waals surface area contributed by atoms with Gasteiger partial charge in [-0.1, -0.05) is 78.3 Å². The molecule has 0 N–H and O–H groups in total. The van der Waals surface area contributed by atoms with Crippen LogP contribution in [-0.2, 0) is 5.04 Å². The molecule has 0 aromatic heterocycles. The molecule has 18 heavy (non-hydrogen) atoms. The second-order valence-corrected chi connectivity index (χ2v) is 13.2. The maximum absolute atomic E-state index is 7.28. The van der Waals surface area contributed by atoms with Crippen LogP contribution < -0.4 is 0 Å². The topological polar surface area (TPSA) is 0 Å². The molecule has 0 fully saturated rings. The highest BCUT2D eigenvalue weighted by atomic mass is 35.6. The van der Waals surface area contributed by atoms with Crippen LogP contribution in [-0.4, -0.2) is 7.38 Å². The van der Waals surface area contributed by atoms with Crippen LogP contribution in [0.5, 0.6) is 0 Å². The summed E-state index contributed by atoms with van der Waals surface area (Å²) < 4.78 is 0. The van der Waals surface area contributed by atoms with E-state index in [4.69, 9.17) is 11.1 Å². The van der Waals surface area contributed by atoms with E-state index < -0.39 is 7.38 Å². The number of hydrogen-bond acceptors (Lipinski definition) is 0. The molecule has 1 aromatic rings. The van der Waals surface area contributed by atoms with Gasteiger partial charge in [-0.15, -0.1) is 0 Å². The van der Waals surface area contributed by atoms with Crippen LogP contribution in [0.4, 0.5) is 0 Å². The summed E-state index contributed by atoms with van der Waals surface area (Å²) in [6.45, 7) is 13.9. The molecule has 2 heteroatoms. The molecule has 1 unspecified atom stereocenters. The normalized spacial score (nSPS) is 16.4. The Kier molecular flexibility index (Phi) is 4.72. The lowest BCUT2D eigenvalue weighted by atomic mass is 10.0. The zero-order chi connectivity index (χ0) is 14.0. The number of hydrogen-bond donors (Lipinski definition) is 0. The van der Waals surface area contributed by atoms with E-state index >= 15 is 0 Å². The van der Waals surface area contributed by atoms with Gasteiger partial charge < -0.3 is 0 Å². The van der Waals surface area contributed by atoms with E-state index in [9.17, 15) is 0 Å². The van der Waals surface area contributed by atoms with Crippen molar-refractivity contribution in [3.05, 3.63) is 35.9 Å². The van der Waals surface area contributed by atoms with Crippen molar-refractivity contribution in [1.29, 1.82) is 0 Å². The van der Waals surface area contributed by atoms with E-state index in [0.29, 0.717) is 0 Å². The van der Waals surface area contributed by atoms with Crippen molar-refractivity contribution in [1.82, 2.24) is 0 Å². The minimum atomic E-state index is -1.95. The quantitative estimate of drug-likeness (QED) is 0.466. The van der Waals surface area contributed by atoms with Crippen LogP contribution in [0.3, 0.4) is 0 Å². The molecule has 0 saturated heterocycles. The molecule has 0 heterocycles. The van der Waals surface area contributed by atoms with E-state index in [1.165, 1.54) is 5.56 Å². The van der Waals surface area contributed by atoms with Crippen molar-refractivity contribution >= 4 is 18.5 Å². The molecule has 0 aliphatic rings. The summed E-state index contributed by atoms with van der Waals surface area (Å²) >= 11 is 7.28. The van der Waals surface area contributed by atoms with E-state index in [1.807, 2.05) is 0 Å². The summed E-state index contributed by atoms with van der Waals surface area (Å²) in [5.41, 5.74) is 1.38. The summed E-state index contributed by atoms with van der Waals surface area (Å²) in [6, 6.07) is 11.9. The second-order valence-electron chi connectivity index (χ2n) is 6.38. The molecule has 0 radical (unpaired) electrons. The first-order valence-corrected chi connectivity index (χ1v) is 10.2. The van der Waals surface area contributed by atoms with E-state index in [1.54, 1.807) is 0 Å². The van der Waals surface area contributed by atoms with Crippen molar-refractivity contribution in [3.8, 4) is 0 Å². The van der Waals surface area contributed by atoms with Gasteiger partial charge in [0, 0.05) is 0 Å². The molecule has 0 spiro atoms. The summed E-state index contributed by atoms with van der Waals surface area (Å²) in [5.74, 6) is 0. The lowest BCUT2D eigenvalue weighted by Gasteiger charge is -2.50. The standard InChI is InChI=1S/C16H27ClSi/c1-7-15(3,4)18(17,8-2)16(5,6)14-12-10-9-11-13-14/h9-13H,7-8H2,1-6H3. The first kappa shape index (κ1) is 15.8. The van der Waals surface area contributed by atoms with E-state index in [2.05, 4.69) is 71.9 Å². The Labute approximate surface area is 118 Å². The van der Waals surface area contributed by atoms with Crippen LogP contribution in [0, 0.1) is 0 Å². The Morgan fingerprint density at radius 2 is 1.50 bits per heavy atom. The van der Waals surface area contributed by atoms with Crippen molar-refractivity contribution in [3.63, 3.8) is 0 Å². The van der Waals surface area contributed by atoms with Crippen molar-refractivity contribution < 1.29 is 0 Å². The third-order valence-corrected chi connectivity index (χ3v) is 14.4. The number of benzene rings is 1. The van der Waals surface area contributed by atoms with Gasteiger partial charge in [-0.3, -0.25) is 0 Å². The molecule has 102 valence electrons. The van der Waals surface area contributed by atoms with E-state index in [-0.39, 0.29) is 10.1 Å². The van der Waals surface area contributed by atoms with Gasteiger partial charge in [0.2, 0.25) is 0 Å². The molecule has 1 aromatic carbocycles. The van der Waals surface area contributed by atoms with Gasteiger partial charge in [0.15, 0.2) is 7.38 Å². The fourth-order valence-corrected chi connectivity index (χ4v) is 8.58. The van der Waals surface area contributed by atoms with Crippen LogP contribution in [0.1, 0.15) is 53.5 Å². The average Bonchev–Trinajstić information content (AvgIpc) is 2.38. The van der Waals surface area contributed by atoms with Crippen LogP contribution in [0.2, 0.25) is 11.1 Å². The molecule has 0 nitrogen and oxygen atoms in total. The molecule has 0 aliphatic heterocycles. The average molecular weight is 283 g/mol. The number of rotatable bonds is 5. The Morgan fingerprint density at radius 3 is 1.89 bits per heavy atom. The van der Waals surface area contributed by atoms with Crippen molar-refractivity contribution in [2.24, 2.45) is 0 Å². The van der Waals surface area contributed by atoms with Crippen LogP contribution in [0.15, 0.2) is 30.3 Å². The molecule has 0 amide bonds. The maximum Gasteiger partial charge on any atom is 0.171 e. The smallest absolute Gasteiger partial charge is 0.166 e. The molecule has 1 rings (SSSR count). The highest BCUT2D eigenvalue weighted by Gasteiger charge is 2.54. The Bertz CT molecular complexity index is 383. The summed E-state index contributed by atoms with van der Waals surface area (Å²) in [4.78, 5) is 0. The highest BCUT2D eigenvalue weighted by molar-refractivity contribution is 7.23. The van der Waals surface area contributed by atoms with Gasteiger partial charge in [-0.25, -0.2) is 0 Å². The predicted octanol–water partition coefficient (Wildman–Crippen LogP) is 5.90. The molecule has 0 bridgehead atoms. The summed E-state index contributed by atoms with van der Waals surface area (Å²) in [7, 11) is -1.95. The predicted molar refractivity (Wildman–Crippen MR) is 85.9 cm³/mol. The minimum absolute atomic E-state index is 0.0874. The molecule has 0 saturated carbocycles. The largest absolute Gasteiger partial charge is 0.171 e. The minimum Gasteiger partial charge on any atom is -0.166 e. The third-order valence-electron chi connectivity index (χ3n) is 4.93. The maximum atomic E-state index is 7.28. The first-order chi connectivity index (χ1) is 8.23. The Hall–Kier alpha value is -0.273. The fourth-order valence-electron chi connectivity index (χ4n) is 3.13. The second kappa shape index (κ2) is 5.38. The van der Waals surface area contributed by atoms with Gasteiger partial charge in [-0.2, -0.15) is 11.1 Å². The van der Waals surface area contributed by atoms with Gasteiger partial charge >= 0.3 is 0 Å². The number of halogens is 1. The first-order valence-electron chi connectivity index (χ1n) is 6.97. The van der Waals surface area contributed by atoms with Crippen LogP contribution >= 0.6 is 11.1 Å². The molecular weight excluding hydrogens is 256 g/mol. The highest BCUT2D eigenvalue weighted by Crippen LogP contribution is 2.54. The van der Waals surface area contributed by atoms with Gasteiger partial charge in [0.25, 0.3) is 0 Å². The zero-order valence-corrected chi connectivity index (χ0v) is 14.4. The zero-order valence-electron chi connectivity index (χ0n) is 12.7. The van der Waals surface area contributed by atoms with Crippen molar-refractivity contribution in [2.75, 3.05) is 0 Å². The Balaban J connectivity index is 3.31. The molecule has 1 atom stereocenters. The van der Waals surface area contributed by atoms with E-state index in [0.717, 1.165) is 12.5 Å². The van der Waals surface area contributed by atoms with Gasteiger partial charge in [0.05, 0.1) is 0 Å². The molecule has 0 aliphatic carbocycles. The van der Waals surface area contributed by atoms with Crippen molar-refractivity contribution in [2.45, 2.75) is 64.1 Å². The van der Waals surface area contributed by atoms with Gasteiger partial charge in [-0.05, 0) is 21.7 Å². The lowest BCUT2D eigenvalue weighted by molar-refractivity contribution is 0.569. The Morgan fingerprint density at radius 1 is 1.00 bits per heavy atom. The SMILES string of the molecule is CCC(C)(C)[Si](Cl)(CC)C(C)(C)c1ccccc1. The summed E-state index contributed by atoms with van der Waals surface area (Å²) in [5, 5.41) is 0.326. The molecular formula is C16H27ClSi. The fraction of sp³-hybridized carbons (Fsp3) is 0.625. The monoisotopic (exact) mass is 282 g/mol. The summed E-state index contributed by atoms with van der Waals surface area (Å²) in [6.07, 6.45) is 1.15. The van der Waals surface area contributed by atoms with Crippen LogP contribution in [0.25, 0.3) is 0 Å². The van der Waals surface area contributed by atoms with Gasteiger partial charge in [0.1, 0.15) is 0 Å². The third kappa shape index (κ3) is 2.40. The lowest BCUT2D eigenvalue weighted by Crippen LogP contribution is -2.55.